The molecule has 0 saturated carbocycles. The van der Waals surface area contributed by atoms with Crippen molar-refractivity contribution in [1.82, 2.24) is 0 Å². The molecule has 1 aliphatic rings. The maximum absolute atomic E-state index is 14.1. The average Bonchev–Trinajstić information content (AvgIpc) is 2.88. The van der Waals surface area contributed by atoms with Crippen molar-refractivity contribution in [3.63, 3.8) is 0 Å². The lowest BCUT2D eigenvalue weighted by Crippen LogP contribution is -2.29. The Kier molecular flexibility index (Phi) is 7.66. The maximum Gasteiger partial charge on any atom is 0.417 e. The highest BCUT2D eigenvalue weighted by atomic mass is 35.5. The van der Waals surface area contributed by atoms with E-state index < -0.39 is 62.7 Å². The number of alkyl halides is 5. The molecule has 2 aromatic carbocycles. The van der Waals surface area contributed by atoms with Gasteiger partial charge < -0.3 is 10.2 Å². The molecule has 1 heterocycles. The Morgan fingerprint density at radius 2 is 1.89 bits per heavy atom. The van der Waals surface area contributed by atoms with Crippen molar-refractivity contribution >= 4 is 38.6 Å². The zero-order chi connectivity index (χ0) is 26.2. The third-order valence-electron chi connectivity index (χ3n) is 5.43. The van der Waals surface area contributed by atoms with Crippen molar-refractivity contribution in [2.45, 2.75) is 37.1 Å². The van der Waals surface area contributed by atoms with E-state index in [9.17, 15) is 35.3 Å². The van der Waals surface area contributed by atoms with E-state index in [2.05, 4.69) is 5.32 Å². The summed E-state index contributed by atoms with van der Waals surface area (Å²) >= 11 is 5.83. The van der Waals surface area contributed by atoms with Gasteiger partial charge in [-0.1, -0.05) is 11.6 Å². The number of nitrogens with one attached hydrogen (secondary N) is 2. The first-order chi connectivity index (χ1) is 16.1. The van der Waals surface area contributed by atoms with E-state index >= 15 is 0 Å². The Hall–Kier alpha value is -2.47. The smallest absolute Gasteiger partial charge is 0.371 e. The normalized spacial score (nSPS) is 18.0. The number of amides is 1. The van der Waals surface area contributed by atoms with Gasteiger partial charge in [-0.2, -0.15) is 13.2 Å². The first-order valence-electron chi connectivity index (χ1n) is 10.4. The Morgan fingerprint density at radius 3 is 2.51 bits per heavy atom. The highest BCUT2D eigenvalue weighted by molar-refractivity contribution is 7.90. The van der Waals surface area contributed by atoms with Crippen LogP contribution in [0.15, 0.2) is 30.3 Å². The summed E-state index contributed by atoms with van der Waals surface area (Å²) in [5.74, 6) is -5.03. The number of anilines is 2. The molecule has 1 aliphatic heterocycles. The van der Waals surface area contributed by atoms with Crippen LogP contribution in [-0.2, 0) is 21.7 Å². The van der Waals surface area contributed by atoms with Crippen LogP contribution in [0.3, 0.4) is 0 Å². The molecule has 3 rings (SSSR count). The lowest BCUT2D eigenvalue weighted by Gasteiger charge is -2.27. The molecule has 35 heavy (non-hydrogen) atoms. The summed E-state index contributed by atoms with van der Waals surface area (Å²) in [4.78, 5) is 14.4. The number of hydrogen-bond donors (Lipinski definition) is 2. The van der Waals surface area contributed by atoms with Crippen molar-refractivity contribution in [2.75, 3.05) is 29.6 Å². The molecule has 1 saturated heterocycles. The number of benzene rings is 2. The number of rotatable bonds is 5. The van der Waals surface area contributed by atoms with Gasteiger partial charge in [-0.25, -0.2) is 17.4 Å². The fourth-order valence-electron chi connectivity index (χ4n) is 3.79. The minimum Gasteiger partial charge on any atom is -0.371 e. The van der Waals surface area contributed by atoms with Gasteiger partial charge in [0.1, 0.15) is 5.82 Å². The molecule has 0 aliphatic carbocycles. The van der Waals surface area contributed by atoms with E-state index in [0.29, 0.717) is 6.07 Å². The van der Waals surface area contributed by atoms with E-state index in [1.165, 1.54) is 17.0 Å². The fraction of sp³-hybridized carbons (Fsp3) is 0.409. The highest BCUT2D eigenvalue weighted by Gasteiger charge is 2.37. The predicted molar refractivity (Wildman–Crippen MR) is 122 cm³/mol. The number of carbonyl (C=O) groups is 1. The second-order valence-electron chi connectivity index (χ2n) is 8.45. The molecule has 0 bridgehead atoms. The molecule has 2 N–H and O–H groups in total. The summed E-state index contributed by atoms with van der Waals surface area (Å²) in [6.07, 6.45) is -4.74. The number of nitrogens with zero attached hydrogens (tertiary/aromatic N) is 1. The number of hydrogen-bond acceptors (Lipinski definition) is 4. The number of halogens is 7. The molecular weight excluding hydrogens is 520 g/mol. The van der Waals surface area contributed by atoms with Crippen LogP contribution in [0, 0.1) is 10.6 Å². The predicted octanol–water partition coefficient (Wildman–Crippen LogP) is 6.55. The van der Waals surface area contributed by atoms with Crippen LogP contribution >= 0.6 is 11.6 Å². The minimum absolute atomic E-state index is 0.00276. The standard InChI is InChI=1S/C22H22ClF6N3O2S/c1-35(30,34)12-13-9-14(3-4-18(13)24)31-20(33)15-10-17(23)16(22(27,28)29)11-19(15)32-7-2-5-21(25,26)6-8-32/h3-4,9-11,30H,2,5-8,12H2,1H3,(H,31,33). The van der Waals surface area contributed by atoms with Gasteiger partial charge in [0.05, 0.1) is 27.6 Å². The molecule has 2 aromatic rings. The lowest BCUT2D eigenvalue weighted by molar-refractivity contribution is -0.137. The summed E-state index contributed by atoms with van der Waals surface area (Å²) < 4.78 is 102. The first-order valence-corrected chi connectivity index (χ1v) is 12.9. The summed E-state index contributed by atoms with van der Waals surface area (Å²) in [6, 6.07) is 4.85. The van der Waals surface area contributed by atoms with Gasteiger partial charge in [-0.15, -0.1) is 0 Å². The van der Waals surface area contributed by atoms with Crippen molar-refractivity contribution < 1.29 is 35.3 Å². The van der Waals surface area contributed by atoms with E-state index in [4.69, 9.17) is 16.4 Å². The second kappa shape index (κ2) is 9.88. The van der Waals surface area contributed by atoms with Crippen LogP contribution in [0.4, 0.5) is 37.7 Å². The SMILES string of the molecule is CS(=N)(=O)Cc1cc(NC(=O)c2cc(Cl)c(C(F)(F)F)cc2N2CCCC(F)(F)CC2)ccc1F. The van der Waals surface area contributed by atoms with Gasteiger partial charge in [0, 0.05) is 53.2 Å². The van der Waals surface area contributed by atoms with Gasteiger partial charge in [0.2, 0.25) is 5.92 Å². The van der Waals surface area contributed by atoms with E-state index in [1.54, 1.807) is 0 Å². The summed E-state index contributed by atoms with van der Waals surface area (Å²) in [5, 5.41) is 1.69. The molecule has 0 spiro atoms. The quantitative estimate of drug-likeness (QED) is 0.421. The van der Waals surface area contributed by atoms with Gasteiger partial charge >= 0.3 is 6.18 Å². The largest absolute Gasteiger partial charge is 0.417 e. The molecular formula is C22H22ClF6N3O2S. The highest BCUT2D eigenvalue weighted by Crippen LogP contribution is 2.40. The van der Waals surface area contributed by atoms with Crippen molar-refractivity contribution in [1.29, 1.82) is 4.78 Å². The minimum atomic E-state index is -4.84. The van der Waals surface area contributed by atoms with Crippen LogP contribution in [0.5, 0.6) is 0 Å². The van der Waals surface area contributed by atoms with Crippen LogP contribution in [0.2, 0.25) is 5.02 Å². The zero-order valence-electron chi connectivity index (χ0n) is 18.4. The second-order valence-corrected chi connectivity index (χ2v) is 11.2. The Labute approximate surface area is 203 Å². The lowest BCUT2D eigenvalue weighted by atomic mass is 10.1. The van der Waals surface area contributed by atoms with Gasteiger partial charge in [0.15, 0.2) is 0 Å². The van der Waals surface area contributed by atoms with Crippen LogP contribution in [0.1, 0.15) is 40.7 Å². The molecule has 1 fully saturated rings. The average molecular weight is 542 g/mol. The summed E-state index contributed by atoms with van der Waals surface area (Å²) in [6.45, 7) is -0.273. The molecule has 0 radical (unpaired) electrons. The third-order valence-corrected chi connectivity index (χ3v) is 6.60. The Bertz CT molecular complexity index is 1230. The van der Waals surface area contributed by atoms with Crippen molar-refractivity contribution in [3.05, 3.63) is 57.9 Å². The molecule has 1 atom stereocenters. The van der Waals surface area contributed by atoms with Gasteiger partial charge in [0.25, 0.3) is 5.91 Å². The molecule has 1 amide bonds. The third kappa shape index (κ3) is 7.03. The van der Waals surface area contributed by atoms with Crippen LogP contribution in [-0.4, -0.2) is 35.4 Å². The summed E-state index contributed by atoms with van der Waals surface area (Å²) in [7, 11) is -3.10. The van der Waals surface area contributed by atoms with Crippen molar-refractivity contribution in [3.8, 4) is 0 Å². The first kappa shape index (κ1) is 27.1. The molecule has 5 nitrogen and oxygen atoms in total. The Morgan fingerprint density at radius 1 is 1.20 bits per heavy atom. The topological polar surface area (TPSA) is 73.3 Å². The molecule has 0 aromatic heterocycles. The van der Waals surface area contributed by atoms with Gasteiger partial charge in [-0.3, -0.25) is 9.57 Å². The summed E-state index contributed by atoms with van der Waals surface area (Å²) in [5.41, 5.74) is -1.75. The Balaban J connectivity index is 2.01. The van der Waals surface area contributed by atoms with Crippen LogP contribution in [0.25, 0.3) is 0 Å². The van der Waals surface area contributed by atoms with E-state index in [0.717, 1.165) is 18.4 Å². The van der Waals surface area contributed by atoms with E-state index in [1.807, 2.05) is 0 Å². The molecule has 13 heteroatoms. The van der Waals surface area contributed by atoms with Gasteiger partial charge in [-0.05, 0) is 36.8 Å². The zero-order valence-corrected chi connectivity index (χ0v) is 20.0. The van der Waals surface area contributed by atoms with E-state index in [-0.39, 0.29) is 42.0 Å². The fourth-order valence-corrected chi connectivity index (χ4v) is 4.87. The number of carbonyl (C=O) groups excluding carboxylic acids is 1. The molecule has 1 unspecified atom stereocenters. The van der Waals surface area contributed by atoms with Crippen molar-refractivity contribution in [2.24, 2.45) is 0 Å². The van der Waals surface area contributed by atoms with Crippen LogP contribution < -0.4 is 10.2 Å². The molecule has 192 valence electrons. The monoisotopic (exact) mass is 541 g/mol. The maximum atomic E-state index is 14.1.